The molecule has 2 amide bonds. The van der Waals surface area contributed by atoms with Gasteiger partial charge >= 0.3 is 0 Å². The number of methoxy groups -OCH3 is 3. The van der Waals surface area contributed by atoms with Crippen molar-refractivity contribution in [3.05, 3.63) is 72.3 Å². The summed E-state index contributed by atoms with van der Waals surface area (Å²) in [6.45, 7) is 1.82. The third kappa shape index (κ3) is 6.66. The van der Waals surface area contributed by atoms with E-state index in [0.717, 1.165) is 4.90 Å². The van der Waals surface area contributed by atoms with Crippen molar-refractivity contribution < 1.29 is 23.8 Å². The molecule has 7 nitrogen and oxygen atoms in total. The van der Waals surface area contributed by atoms with E-state index in [1.807, 2.05) is 25.1 Å². The predicted molar refractivity (Wildman–Crippen MR) is 131 cm³/mol. The molecule has 3 aromatic carbocycles. The molecule has 0 aliphatic heterocycles. The van der Waals surface area contributed by atoms with Crippen LogP contribution in [0.4, 0.5) is 11.4 Å². The Balaban J connectivity index is 1.64. The van der Waals surface area contributed by atoms with Crippen LogP contribution >= 0.6 is 11.8 Å². The largest absolute Gasteiger partial charge is 0.497 e. The summed E-state index contributed by atoms with van der Waals surface area (Å²) in [5.41, 5.74) is 1.72. The van der Waals surface area contributed by atoms with E-state index in [1.54, 1.807) is 69.9 Å². The second kappa shape index (κ2) is 11.3. The number of ether oxygens (including phenoxy) is 3. The monoisotopic (exact) mass is 466 g/mol. The molecule has 0 aliphatic carbocycles. The number of amides is 2. The Labute approximate surface area is 197 Å². The summed E-state index contributed by atoms with van der Waals surface area (Å²) in [5.74, 6) is 1.38. The first-order valence-corrected chi connectivity index (χ1v) is 11.1. The lowest BCUT2D eigenvalue weighted by Crippen LogP contribution is -2.22. The van der Waals surface area contributed by atoms with Gasteiger partial charge in [-0.3, -0.25) is 9.59 Å². The number of thioether (sulfide) groups is 1. The second-order valence-electron chi connectivity index (χ2n) is 7.06. The predicted octanol–water partition coefficient (Wildman–Crippen LogP) is 5.08. The zero-order valence-electron chi connectivity index (χ0n) is 18.9. The molecule has 172 valence electrons. The summed E-state index contributed by atoms with van der Waals surface area (Å²) in [7, 11) is 4.66. The Bertz CT molecular complexity index is 1110. The standard InChI is InChI=1S/C25H26N2O5S/c1-16(24(28)27-19-12-21(31-3)15-22(13-19)32-4)33-23-10-6-8-18(14-23)26-25(29)17-7-5-9-20(11-17)30-2/h5-16H,1-4H3,(H,26,29)(H,27,28). The fourth-order valence-electron chi connectivity index (χ4n) is 3.00. The van der Waals surface area contributed by atoms with Crippen molar-refractivity contribution >= 4 is 35.0 Å². The first-order chi connectivity index (χ1) is 15.9. The molecule has 8 heteroatoms. The van der Waals surface area contributed by atoms with Crippen LogP contribution in [0.2, 0.25) is 0 Å². The molecule has 0 fully saturated rings. The molecule has 0 aliphatic rings. The van der Waals surface area contributed by atoms with Crippen molar-refractivity contribution in [1.29, 1.82) is 0 Å². The summed E-state index contributed by atoms with van der Waals surface area (Å²) in [4.78, 5) is 26.2. The number of rotatable bonds is 9. The highest BCUT2D eigenvalue weighted by molar-refractivity contribution is 8.00. The van der Waals surface area contributed by atoms with Crippen molar-refractivity contribution in [3.63, 3.8) is 0 Å². The van der Waals surface area contributed by atoms with Gasteiger partial charge in [-0.15, -0.1) is 11.8 Å². The lowest BCUT2D eigenvalue weighted by molar-refractivity contribution is -0.115. The van der Waals surface area contributed by atoms with Gasteiger partial charge in [0.2, 0.25) is 5.91 Å². The molecule has 3 aromatic rings. The van der Waals surface area contributed by atoms with E-state index in [1.165, 1.54) is 11.8 Å². The number of nitrogens with one attached hydrogen (secondary N) is 2. The van der Waals surface area contributed by atoms with E-state index in [2.05, 4.69) is 10.6 Å². The Morgan fingerprint density at radius 1 is 0.758 bits per heavy atom. The van der Waals surface area contributed by atoms with Crippen molar-refractivity contribution in [2.24, 2.45) is 0 Å². The lowest BCUT2D eigenvalue weighted by atomic mass is 10.2. The Morgan fingerprint density at radius 2 is 1.42 bits per heavy atom. The minimum Gasteiger partial charge on any atom is -0.497 e. The van der Waals surface area contributed by atoms with Gasteiger partial charge in [0.1, 0.15) is 17.2 Å². The highest BCUT2D eigenvalue weighted by Gasteiger charge is 2.16. The minimum atomic E-state index is -0.383. The summed E-state index contributed by atoms with van der Waals surface area (Å²) in [5, 5.41) is 5.39. The van der Waals surface area contributed by atoms with Crippen LogP contribution in [0.3, 0.4) is 0 Å². The quantitative estimate of drug-likeness (QED) is 0.428. The summed E-state index contributed by atoms with van der Waals surface area (Å²) < 4.78 is 15.7. The Hall–Kier alpha value is -3.65. The van der Waals surface area contributed by atoms with Crippen LogP contribution in [0.25, 0.3) is 0 Å². The smallest absolute Gasteiger partial charge is 0.255 e. The van der Waals surface area contributed by atoms with Gasteiger partial charge in [-0.25, -0.2) is 0 Å². The fourth-order valence-corrected chi connectivity index (χ4v) is 3.92. The summed E-state index contributed by atoms with van der Waals surface area (Å²) in [6.07, 6.45) is 0. The van der Waals surface area contributed by atoms with Crippen molar-refractivity contribution in [1.82, 2.24) is 0 Å². The zero-order chi connectivity index (χ0) is 23.8. The molecule has 0 spiro atoms. The average Bonchev–Trinajstić information content (AvgIpc) is 2.83. The fraction of sp³-hybridized carbons (Fsp3) is 0.200. The number of benzene rings is 3. The molecule has 0 bridgehead atoms. The number of carbonyl (C=O) groups excluding carboxylic acids is 2. The van der Waals surface area contributed by atoms with Gasteiger partial charge in [-0.2, -0.15) is 0 Å². The van der Waals surface area contributed by atoms with Gasteiger partial charge in [-0.05, 0) is 43.3 Å². The topological polar surface area (TPSA) is 85.9 Å². The molecule has 0 aromatic heterocycles. The molecule has 0 radical (unpaired) electrons. The van der Waals surface area contributed by atoms with E-state index in [9.17, 15) is 9.59 Å². The Morgan fingerprint density at radius 3 is 2.09 bits per heavy atom. The van der Waals surface area contributed by atoms with Gasteiger partial charge in [0.15, 0.2) is 0 Å². The van der Waals surface area contributed by atoms with E-state index in [0.29, 0.717) is 34.2 Å². The Kier molecular flexibility index (Phi) is 8.21. The average molecular weight is 467 g/mol. The normalized spacial score (nSPS) is 11.3. The third-order valence-corrected chi connectivity index (χ3v) is 5.82. The maximum Gasteiger partial charge on any atom is 0.255 e. The van der Waals surface area contributed by atoms with Crippen molar-refractivity contribution in [2.75, 3.05) is 32.0 Å². The summed E-state index contributed by atoms with van der Waals surface area (Å²) in [6, 6.07) is 19.5. The van der Waals surface area contributed by atoms with Gasteiger partial charge in [0.25, 0.3) is 5.91 Å². The molecule has 33 heavy (non-hydrogen) atoms. The lowest BCUT2D eigenvalue weighted by Gasteiger charge is -2.14. The zero-order valence-corrected chi connectivity index (χ0v) is 19.7. The summed E-state index contributed by atoms with van der Waals surface area (Å²) >= 11 is 1.39. The van der Waals surface area contributed by atoms with Crippen LogP contribution in [0.1, 0.15) is 17.3 Å². The second-order valence-corrected chi connectivity index (χ2v) is 8.48. The van der Waals surface area contributed by atoms with Crippen LogP contribution < -0.4 is 24.8 Å². The molecule has 0 saturated carbocycles. The van der Waals surface area contributed by atoms with Gasteiger partial charge < -0.3 is 24.8 Å². The van der Waals surface area contributed by atoms with E-state index in [4.69, 9.17) is 14.2 Å². The molecule has 1 unspecified atom stereocenters. The molecule has 2 N–H and O–H groups in total. The number of hydrogen-bond donors (Lipinski definition) is 2. The molecule has 1 atom stereocenters. The number of hydrogen-bond acceptors (Lipinski definition) is 6. The maximum atomic E-state index is 12.7. The van der Waals surface area contributed by atoms with Crippen LogP contribution in [0, 0.1) is 0 Å². The highest BCUT2D eigenvalue weighted by atomic mass is 32.2. The molecule has 0 heterocycles. The van der Waals surface area contributed by atoms with Gasteiger partial charge in [-0.1, -0.05) is 12.1 Å². The first-order valence-electron chi connectivity index (χ1n) is 10.2. The minimum absolute atomic E-state index is 0.166. The van der Waals surface area contributed by atoms with Gasteiger partial charge in [0.05, 0.1) is 26.6 Å². The third-order valence-electron chi connectivity index (χ3n) is 4.72. The van der Waals surface area contributed by atoms with Crippen LogP contribution in [0.5, 0.6) is 17.2 Å². The first kappa shape index (κ1) is 24.0. The van der Waals surface area contributed by atoms with Crippen molar-refractivity contribution in [3.8, 4) is 17.2 Å². The number of carbonyl (C=O) groups is 2. The maximum absolute atomic E-state index is 12.7. The number of anilines is 2. The molecular formula is C25H26N2O5S. The van der Waals surface area contributed by atoms with E-state index in [-0.39, 0.29) is 17.1 Å². The molecular weight excluding hydrogens is 440 g/mol. The van der Waals surface area contributed by atoms with Crippen molar-refractivity contribution in [2.45, 2.75) is 17.1 Å². The highest BCUT2D eigenvalue weighted by Crippen LogP contribution is 2.29. The van der Waals surface area contributed by atoms with E-state index < -0.39 is 0 Å². The molecule has 0 saturated heterocycles. The van der Waals surface area contributed by atoms with Gasteiger partial charge in [0, 0.05) is 40.0 Å². The van der Waals surface area contributed by atoms with Crippen LogP contribution in [-0.4, -0.2) is 38.4 Å². The van der Waals surface area contributed by atoms with E-state index >= 15 is 0 Å². The van der Waals surface area contributed by atoms with Crippen LogP contribution in [0.15, 0.2) is 71.6 Å². The molecule has 3 rings (SSSR count). The SMILES string of the molecule is COc1cc(NC(=O)C(C)Sc2cccc(NC(=O)c3cccc(OC)c3)c2)cc(OC)c1. The van der Waals surface area contributed by atoms with Crippen LogP contribution in [-0.2, 0) is 4.79 Å².